The molecule has 0 bridgehead atoms. The number of thiazole rings is 1. The molecular weight excluding hydrogens is 324 g/mol. The van der Waals surface area contributed by atoms with Crippen molar-refractivity contribution >= 4 is 22.2 Å². The zero-order valence-electron chi connectivity index (χ0n) is 13.1. The Labute approximate surface area is 143 Å². The van der Waals surface area contributed by atoms with Crippen LogP contribution in [0.5, 0.6) is 17.2 Å². The molecule has 0 fully saturated rings. The van der Waals surface area contributed by atoms with Gasteiger partial charge in [-0.1, -0.05) is 0 Å². The van der Waals surface area contributed by atoms with E-state index in [1.807, 2.05) is 47.8 Å². The number of methoxy groups -OCH3 is 1. The van der Waals surface area contributed by atoms with E-state index in [1.54, 1.807) is 18.4 Å². The molecule has 0 atom stereocenters. The summed E-state index contributed by atoms with van der Waals surface area (Å²) in [5.41, 5.74) is 2.92. The predicted octanol–water partition coefficient (Wildman–Crippen LogP) is 4.33. The largest absolute Gasteiger partial charge is 0.497 e. The number of nitrogens with one attached hydrogen (secondary N) is 1. The van der Waals surface area contributed by atoms with Gasteiger partial charge in [-0.05, 0) is 36.4 Å². The number of hydrogen-bond donors (Lipinski definition) is 1. The predicted molar refractivity (Wildman–Crippen MR) is 94.8 cm³/mol. The van der Waals surface area contributed by atoms with Gasteiger partial charge in [0.1, 0.15) is 19.0 Å². The van der Waals surface area contributed by atoms with Crippen molar-refractivity contribution in [3.8, 4) is 28.5 Å². The number of benzene rings is 2. The molecule has 1 aliphatic rings. The average molecular weight is 340 g/mol. The highest BCUT2D eigenvalue weighted by Gasteiger charge is 2.12. The highest BCUT2D eigenvalue weighted by molar-refractivity contribution is 7.14. The molecule has 0 saturated carbocycles. The fraction of sp³-hybridized carbons (Fsp3) is 0.167. The number of ether oxygens (including phenoxy) is 3. The Morgan fingerprint density at radius 3 is 2.62 bits per heavy atom. The Hall–Kier alpha value is -2.73. The molecule has 1 N–H and O–H groups in total. The van der Waals surface area contributed by atoms with Gasteiger partial charge in [-0.2, -0.15) is 0 Å². The second kappa shape index (κ2) is 6.41. The van der Waals surface area contributed by atoms with Crippen LogP contribution in [0.3, 0.4) is 0 Å². The lowest BCUT2D eigenvalue weighted by atomic mass is 10.2. The molecule has 0 amide bonds. The van der Waals surface area contributed by atoms with Gasteiger partial charge in [0.25, 0.3) is 0 Å². The fourth-order valence-electron chi connectivity index (χ4n) is 2.47. The number of aromatic nitrogens is 1. The fourth-order valence-corrected chi connectivity index (χ4v) is 3.21. The molecule has 1 aromatic heterocycles. The first-order chi connectivity index (χ1) is 11.8. The van der Waals surface area contributed by atoms with Gasteiger partial charge in [0.05, 0.1) is 12.8 Å². The topological polar surface area (TPSA) is 52.6 Å². The van der Waals surface area contributed by atoms with Gasteiger partial charge in [0.2, 0.25) is 0 Å². The SMILES string of the molecule is COc1ccc(-c2csc(Nc3ccc4c(c3)OCCO4)n2)cc1. The van der Waals surface area contributed by atoms with Crippen LogP contribution in [0.1, 0.15) is 0 Å². The molecule has 6 heteroatoms. The third-order valence-corrected chi connectivity index (χ3v) is 4.44. The maximum Gasteiger partial charge on any atom is 0.187 e. The van der Waals surface area contributed by atoms with Gasteiger partial charge < -0.3 is 19.5 Å². The van der Waals surface area contributed by atoms with Crippen LogP contribution in [0.15, 0.2) is 47.8 Å². The van der Waals surface area contributed by atoms with Crippen molar-refractivity contribution < 1.29 is 14.2 Å². The molecule has 0 unspecified atom stereocenters. The van der Waals surface area contributed by atoms with E-state index in [-0.39, 0.29) is 0 Å². The van der Waals surface area contributed by atoms with Crippen LogP contribution in [0.2, 0.25) is 0 Å². The summed E-state index contributed by atoms with van der Waals surface area (Å²) in [6.45, 7) is 1.17. The van der Waals surface area contributed by atoms with Crippen molar-refractivity contribution in [2.45, 2.75) is 0 Å². The minimum absolute atomic E-state index is 0.579. The maximum absolute atomic E-state index is 5.60. The van der Waals surface area contributed by atoms with Crippen LogP contribution in [0, 0.1) is 0 Å². The van der Waals surface area contributed by atoms with E-state index in [4.69, 9.17) is 14.2 Å². The van der Waals surface area contributed by atoms with Crippen LogP contribution >= 0.6 is 11.3 Å². The van der Waals surface area contributed by atoms with Crippen molar-refractivity contribution in [2.24, 2.45) is 0 Å². The first-order valence-electron chi connectivity index (χ1n) is 7.58. The molecule has 24 heavy (non-hydrogen) atoms. The van der Waals surface area contributed by atoms with Crippen molar-refractivity contribution in [1.82, 2.24) is 4.98 Å². The first-order valence-corrected chi connectivity index (χ1v) is 8.46. The second-order valence-electron chi connectivity index (χ2n) is 5.25. The third-order valence-electron chi connectivity index (χ3n) is 3.68. The summed E-state index contributed by atoms with van der Waals surface area (Å²) in [5, 5.41) is 6.17. The number of hydrogen-bond acceptors (Lipinski definition) is 6. The monoisotopic (exact) mass is 340 g/mol. The summed E-state index contributed by atoms with van der Waals surface area (Å²) >= 11 is 1.56. The van der Waals surface area contributed by atoms with E-state index in [1.165, 1.54) is 0 Å². The molecular formula is C18H16N2O3S. The molecule has 2 heterocycles. The summed E-state index contributed by atoms with van der Waals surface area (Å²) in [6, 6.07) is 13.7. The minimum atomic E-state index is 0.579. The van der Waals surface area contributed by atoms with Gasteiger partial charge in [0, 0.05) is 22.7 Å². The van der Waals surface area contributed by atoms with E-state index in [2.05, 4.69) is 10.3 Å². The smallest absolute Gasteiger partial charge is 0.187 e. The number of nitrogens with zero attached hydrogens (tertiary/aromatic N) is 1. The first kappa shape index (κ1) is 14.8. The Morgan fingerprint density at radius 1 is 1.04 bits per heavy atom. The number of rotatable bonds is 4. The van der Waals surface area contributed by atoms with Gasteiger partial charge in [-0.15, -0.1) is 11.3 Å². The van der Waals surface area contributed by atoms with Crippen LogP contribution in [0.25, 0.3) is 11.3 Å². The van der Waals surface area contributed by atoms with Crippen LogP contribution < -0.4 is 19.5 Å². The maximum atomic E-state index is 5.60. The normalized spacial score (nSPS) is 12.7. The summed E-state index contributed by atoms with van der Waals surface area (Å²) < 4.78 is 16.3. The molecule has 1 aliphatic heterocycles. The Balaban J connectivity index is 1.52. The lowest BCUT2D eigenvalue weighted by Gasteiger charge is -2.18. The van der Waals surface area contributed by atoms with Crippen LogP contribution in [-0.2, 0) is 0 Å². The molecule has 0 radical (unpaired) electrons. The molecule has 3 aromatic rings. The molecule has 2 aromatic carbocycles. The van der Waals surface area contributed by atoms with Gasteiger partial charge in [-0.25, -0.2) is 4.98 Å². The van der Waals surface area contributed by atoms with Crippen molar-refractivity contribution in [3.05, 3.63) is 47.8 Å². The van der Waals surface area contributed by atoms with Crippen molar-refractivity contribution in [3.63, 3.8) is 0 Å². The van der Waals surface area contributed by atoms with Gasteiger partial charge in [-0.3, -0.25) is 0 Å². The third kappa shape index (κ3) is 3.00. The standard InChI is InChI=1S/C18H16N2O3S/c1-21-14-5-2-12(3-6-14)15-11-24-18(20-15)19-13-4-7-16-17(10-13)23-9-8-22-16/h2-7,10-11H,8-9H2,1H3,(H,19,20). The molecule has 0 saturated heterocycles. The van der Waals surface area contributed by atoms with Gasteiger partial charge >= 0.3 is 0 Å². The van der Waals surface area contributed by atoms with E-state index >= 15 is 0 Å². The molecule has 0 aliphatic carbocycles. The van der Waals surface area contributed by atoms with Gasteiger partial charge in [0.15, 0.2) is 16.6 Å². The Bertz CT molecular complexity index is 846. The Kier molecular flexibility index (Phi) is 3.96. The second-order valence-corrected chi connectivity index (χ2v) is 6.11. The average Bonchev–Trinajstić information content (AvgIpc) is 3.10. The zero-order chi connectivity index (χ0) is 16.4. The number of anilines is 2. The van der Waals surface area contributed by atoms with E-state index in [9.17, 15) is 0 Å². The Morgan fingerprint density at radius 2 is 1.83 bits per heavy atom. The highest BCUT2D eigenvalue weighted by atomic mass is 32.1. The molecule has 5 nitrogen and oxygen atoms in total. The lowest BCUT2D eigenvalue weighted by molar-refractivity contribution is 0.171. The summed E-state index contributed by atoms with van der Waals surface area (Å²) in [7, 11) is 1.66. The zero-order valence-corrected chi connectivity index (χ0v) is 13.9. The summed E-state index contributed by atoms with van der Waals surface area (Å²) in [4.78, 5) is 4.64. The molecule has 122 valence electrons. The summed E-state index contributed by atoms with van der Waals surface area (Å²) in [5.74, 6) is 2.38. The van der Waals surface area contributed by atoms with E-state index in [0.29, 0.717) is 13.2 Å². The van der Waals surface area contributed by atoms with Crippen LogP contribution in [-0.4, -0.2) is 25.3 Å². The van der Waals surface area contributed by atoms with Crippen LogP contribution in [0.4, 0.5) is 10.8 Å². The minimum Gasteiger partial charge on any atom is -0.497 e. The molecule has 0 spiro atoms. The lowest BCUT2D eigenvalue weighted by Crippen LogP contribution is -2.15. The van der Waals surface area contributed by atoms with Crippen molar-refractivity contribution in [2.75, 3.05) is 25.6 Å². The molecule has 4 rings (SSSR count). The highest BCUT2D eigenvalue weighted by Crippen LogP contribution is 2.34. The summed E-state index contributed by atoms with van der Waals surface area (Å²) in [6.07, 6.45) is 0. The van der Waals surface area contributed by atoms with E-state index < -0.39 is 0 Å². The quantitative estimate of drug-likeness (QED) is 0.766. The van der Waals surface area contributed by atoms with E-state index in [0.717, 1.165) is 39.3 Å². The number of fused-ring (bicyclic) bond motifs is 1. The van der Waals surface area contributed by atoms with Crippen molar-refractivity contribution in [1.29, 1.82) is 0 Å².